The molecule has 0 aliphatic carbocycles. The molecule has 0 spiro atoms. The topological polar surface area (TPSA) is 92.2 Å². The van der Waals surface area contributed by atoms with Crippen LogP contribution < -0.4 is 15.6 Å². The lowest BCUT2D eigenvalue weighted by molar-refractivity contribution is -0.127. The molecule has 0 radical (unpaired) electrons. The summed E-state index contributed by atoms with van der Waals surface area (Å²) >= 11 is 3.45. The SMILES string of the molecule is CCCCNNC(=O)[C@]1(Cc2ccc(Br)cc2)COC(c2ccc(OCCCO)cc2)=N1. The summed E-state index contributed by atoms with van der Waals surface area (Å²) in [7, 11) is 0. The summed E-state index contributed by atoms with van der Waals surface area (Å²) in [5.74, 6) is 0.933. The van der Waals surface area contributed by atoms with Crippen molar-refractivity contribution in [2.75, 3.05) is 26.4 Å². The molecule has 0 saturated heterocycles. The predicted octanol–water partition coefficient (Wildman–Crippen LogP) is 3.39. The van der Waals surface area contributed by atoms with Crippen molar-refractivity contribution in [3.8, 4) is 5.75 Å². The molecular weight excluding hydrogens is 474 g/mol. The Kier molecular flexibility index (Phi) is 9.08. The molecule has 1 heterocycles. The third-order valence-electron chi connectivity index (χ3n) is 5.13. The fourth-order valence-electron chi connectivity index (χ4n) is 3.29. The van der Waals surface area contributed by atoms with Gasteiger partial charge in [0, 0.05) is 36.0 Å². The van der Waals surface area contributed by atoms with Gasteiger partial charge in [0.05, 0.1) is 6.61 Å². The van der Waals surface area contributed by atoms with Crippen molar-refractivity contribution < 1.29 is 19.4 Å². The summed E-state index contributed by atoms with van der Waals surface area (Å²) in [6.45, 7) is 3.51. The van der Waals surface area contributed by atoms with Gasteiger partial charge in [0.15, 0.2) is 5.54 Å². The number of aliphatic hydroxyl groups is 1. The third kappa shape index (κ3) is 6.54. The molecule has 0 unspecified atom stereocenters. The summed E-state index contributed by atoms with van der Waals surface area (Å²) in [5, 5.41) is 8.87. The van der Waals surface area contributed by atoms with Crippen LogP contribution in [-0.2, 0) is 16.0 Å². The van der Waals surface area contributed by atoms with Gasteiger partial charge in [0.25, 0.3) is 5.91 Å². The van der Waals surface area contributed by atoms with Gasteiger partial charge in [-0.1, -0.05) is 41.4 Å². The Balaban J connectivity index is 1.78. The van der Waals surface area contributed by atoms with Crippen molar-refractivity contribution in [1.82, 2.24) is 10.9 Å². The minimum Gasteiger partial charge on any atom is -0.494 e. The highest BCUT2D eigenvalue weighted by molar-refractivity contribution is 9.10. The molecule has 0 saturated carbocycles. The minimum absolute atomic E-state index is 0.0958. The van der Waals surface area contributed by atoms with Crippen LogP contribution in [0.15, 0.2) is 58.0 Å². The number of ether oxygens (including phenoxy) is 2. The molecular formula is C24H30BrN3O4. The van der Waals surface area contributed by atoms with Gasteiger partial charge < -0.3 is 14.6 Å². The normalized spacial score (nSPS) is 17.5. The van der Waals surface area contributed by atoms with Gasteiger partial charge in [-0.15, -0.1) is 0 Å². The van der Waals surface area contributed by atoms with E-state index in [9.17, 15) is 4.79 Å². The van der Waals surface area contributed by atoms with Gasteiger partial charge in [0.2, 0.25) is 5.90 Å². The van der Waals surface area contributed by atoms with Crippen molar-refractivity contribution >= 4 is 27.7 Å². The van der Waals surface area contributed by atoms with Crippen LogP contribution in [-0.4, -0.2) is 48.8 Å². The second-order valence-electron chi connectivity index (χ2n) is 7.72. The number of hydrogen-bond donors (Lipinski definition) is 3. The number of halogens is 1. The molecule has 8 heteroatoms. The number of carbonyl (C=O) groups is 1. The lowest BCUT2D eigenvalue weighted by Crippen LogP contribution is -2.53. The van der Waals surface area contributed by atoms with Gasteiger partial charge in [-0.2, -0.15) is 0 Å². The van der Waals surface area contributed by atoms with Gasteiger partial charge in [-0.3, -0.25) is 10.2 Å². The molecule has 2 aromatic rings. The molecule has 0 aromatic heterocycles. The van der Waals surface area contributed by atoms with Crippen molar-refractivity contribution in [2.24, 2.45) is 4.99 Å². The van der Waals surface area contributed by atoms with E-state index >= 15 is 0 Å². The average Bonchev–Trinajstić information content (AvgIpc) is 3.24. The maximum atomic E-state index is 13.2. The largest absolute Gasteiger partial charge is 0.494 e. The van der Waals surface area contributed by atoms with E-state index in [4.69, 9.17) is 19.6 Å². The van der Waals surface area contributed by atoms with E-state index in [-0.39, 0.29) is 19.1 Å². The highest BCUT2D eigenvalue weighted by Crippen LogP contribution is 2.28. The molecule has 1 amide bonds. The first-order chi connectivity index (χ1) is 15.6. The number of aliphatic hydroxyl groups excluding tert-OH is 1. The Morgan fingerprint density at radius 1 is 1.19 bits per heavy atom. The summed E-state index contributed by atoms with van der Waals surface area (Å²) in [5.41, 5.74) is 6.54. The lowest BCUT2D eigenvalue weighted by atomic mass is 9.91. The number of aliphatic imine (C=N–C) groups is 1. The first-order valence-electron chi connectivity index (χ1n) is 10.9. The molecule has 3 N–H and O–H groups in total. The predicted molar refractivity (Wildman–Crippen MR) is 128 cm³/mol. The number of hydrazine groups is 1. The van der Waals surface area contributed by atoms with Crippen molar-refractivity contribution in [3.05, 3.63) is 64.1 Å². The standard InChI is InChI=1S/C24H30BrN3O4/c1-2-3-13-26-28-23(30)24(16-18-5-9-20(25)10-6-18)17-32-22(27-24)19-7-11-21(12-8-19)31-15-4-14-29/h5-12,26,29H,2-4,13-17H2,1H3,(H,28,30)/t24-/m0/s1. The van der Waals surface area contributed by atoms with Crippen LogP contribution in [0.1, 0.15) is 37.3 Å². The molecule has 172 valence electrons. The third-order valence-corrected chi connectivity index (χ3v) is 5.65. The number of amides is 1. The Hall–Kier alpha value is -2.42. The molecule has 3 rings (SSSR count). The highest BCUT2D eigenvalue weighted by Gasteiger charge is 2.44. The summed E-state index contributed by atoms with van der Waals surface area (Å²) < 4.78 is 12.5. The number of nitrogens with one attached hydrogen (secondary N) is 2. The van der Waals surface area contributed by atoms with E-state index in [0.29, 0.717) is 37.6 Å². The van der Waals surface area contributed by atoms with Gasteiger partial charge in [-0.25, -0.2) is 10.4 Å². The first-order valence-corrected chi connectivity index (χ1v) is 11.7. The number of carbonyl (C=O) groups excluding carboxylic acids is 1. The molecule has 1 atom stereocenters. The maximum absolute atomic E-state index is 13.2. The van der Waals surface area contributed by atoms with E-state index < -0.39 is 5.54 Å². The number of benzene rings is 2. The van der Waals surface area contributed by atoms with E-state index in [0.717, 1.165) is 28.4 Å². The van der Waals surface area contributed by atoms with Crippen LogP contribution in [0.5, 0.6) is 5.75 Å². The lowest BCUT2D eigenvalue weighted by Gasteiger charge is -2.23. The molecule has 0 fully saturated rings. The fraction of sp³-hybridized carbons (Fsp3) is 0.417. The van der Waals surface area contributed by atoms with E-state index in [1.54, 1.807) is 0 Å². The van der Waals surface area contributed by atoms with E-state index in [1.165, 1.54) is 0 Å². The summed E-state index contributed by atoms with van der Waals surface area (Å²) in [6, 6.07) is 15.3. The quantitative estimate of drug-likeness (QED) is 0.305. The Bertz CT molecular complexity index is 902. The van der Waals surface area contributed by atoms with Crippen molar-refractivity contribution in [1.29, 1.82) is 0 Å². The van der Waals surface area contributed by atoms with Crippen LogP contribution in [0.4, 0.5) is 0 Å². The van der Waals surface area contributed by atoms with Crippen LogP contribution in [0.25, 0.3) is 0 Å². The molecule has 1 aliphatic rings. The molecule has 7 nitrogen and oxygen atoms in total. The molecule has 1 aliphatic heterocycles. The molecule has 0 bridgehead atoms. The summed E-state index contributed by atoms with van der Waals surface area (Å²) in [4.78, 5) is 17.9. The number of hydrogen-bond acceptors (Lipinski definition) is 6. The maximum Gasteiger partial charge on any atom is 0.266 e. The van der Waals surface area contributed by atoms with E-state index in [1.807, 2.05) is 48.5 Å². The van der Waals surface area contributed by atoms with Crippen LogP contribution in [0.2, 0.25) is 0 Å². The zero-order chi connectivity index (χ0) is 22.8. The number of unbranched alkanes of at least 4 members (excludes halogenated alkanes) is 1. The minimum atomic E-state index is -1.06. The second kappa shape index (κ2) is 12.0. The van der Waals surface area contributed by atoms with Crippen molar-refractivity contribution in [2.45, 2.75) is 38.1 Å². The average molecular weight is 504 g/mol. The van der Waals surface area contributed by atoms with Crippen molar-refractivity contribution in [3.63, 3.8) is 0 Å². The second-order valence-corrected chi connectivity index (χ2v) is 8.64. The van der Waals surface area contributed by atoms with Gasteiger partial charge in [0.1, 0.15) is 12.4 Å². The van der Waals surface area contributed by atoms with Crippen LogP contribution in [0, 0.1) is 0 Å². The summed E-state index contributed by atoms with van der Waals surface area (Å²) in [6.07, 6.45) is 3.01. The van der Waals surface area contributed by atoms with Crippen LogP contribution >= 0.6 is 15.9 Å². The zero-order valence-corrected chi connectivity index (χ0v) is 19.9. The highest BCUT2D eigenvalue weighted by atomic mass is 79.9. The fourth-order valence-corrected chi connectivity index (χ4v) is 3.56. The first kappa shape index (κ1) is 24.2. The zero-order valence-electron chi connectivity index (χ0n) is 18.3. The molecule has 32 heavy (non-hydrogen) atoms. The number of rotatable bonds is 12. The Morgan fingerprint density at radius 2 is 1.94 bits per heavy atom. The Morgan fingerprint density at radius 3 is 2.62 bits per heavy atom. The van der Waals surface area contributed by atoms with Crippen LogP contribution in [0.3, 0.4) is 0 Å². The monoisotopic (exact) mass is 503 g/mol. The molecule has 2 aromatic carbocycles. The van der Waals surface area contributed by atoms with Gasteiger partial charge in [-0.05, 0) is 48.4 Å². The van der Waals surface area contributed by atoms with E-state index in [2.05, 4.69) is 33.7 Å². The smallest absolute Gasteiger partial charge is 0.266 e. The van der Waals surface area contributed by atoms with Gasteiger partial charge >= 0.3 is 0 Å². The Labute approximate surface area is 197 Å². The number of nitrogens with zero attached hydrogens (tertiary/aromatic N) is 1.